The summed E-state index contributed by atoms with van der Waals surface area (Å²) in [5.41, 5.74) is 1.93. The van der Waals surface area contributed by atoms with Gasteiger partial charge in [-0.15, -0.1) is 24.0 Å². The number of hydrogen-bond donors (Lipinski definition) is 3. The minimum Gasteiger partial charge on any atom is -0.356 e. The molecule has 0 atom stereocenters. The van der Waals surface area contributed by atoms with Crippen LogP contribution in [0, 0.1) is 5.82 Å². The normalized spacial score (nSPS) is 10.8. The highest BCUT2D eigenvalue weighted by atomic mass is 127. The number of hydrogen-bond acceptors (Lipinski definition) is 2. The Labute approximate surface area is 187 Å². The molecule has 0 aromatic heterocycles. The molecule has 0 aliphatic rings. The molecule has 0 aliphatic heterocycles. The van der Waals surface area contributed by atoms with Crippen molar-refractivity contribution in [3.8, 4) is 0 Å². The van der Waals surface area contributed by atoms with Gasteiger partial charge in [0, 0.05) is 31.7 Å². The number of guanidine groups is 1. The van der Waals surface area contributed by atoms with Crippen molar-refractivity contribution >= 4 is 47.4 Å². The molecular weight excluding hydrogens is 494 g/mol. The Kier molecular flexibility index (Phi) is 11.5. The lowest BCUT2D eigenvalue weighted by molar-refractivity contribution is -0.120. The summed E-state index contributed by atoms with van der Waals surface area (Å²) >= 11 is 5.97. The van der Waals surface area contributed by atoms with E-state index < -0.39 is 0 Å². The summed E-state index contributed by atoms with van der Waals surface area (Å²) in [6, 6.07) is 13.7. The highest BCUT2D eigenvalue weighted by Gasteiger charge is 2.03. The lowest BCUT2D eigenvalue weighted by atomic mass is 10.1. The number of carbonyl (C=O) groups excluding carboxylic acids is 1. The lowest BCUT2D eigenvalue weighted by Gasteiger charge is -2.12. The zero-order valence-corrected chi connectivity index (χ0v) is 18.8. The van der Waals surface area contributed by atoms with Crippen LogP contribution in [0.15, 0.2) is 53.5 Å². The van der Waals surface area contributed by atoms with Gasteiger partial charge in [0.1, 0.15) is 5.82 Å². The third kappa shape index (κ3) is 9.36. The van der Waals surface area contributed by atoms with Gasteiger partial charge in [-0.05, 0) is 41.8 Å². The Balaban J connectivity index is 0.00000392. The van der Waals surface area contributed by atoms with E-state index in [0.29, 0.717) is 19.0 Å². The molecule has 0 saturated heterocycles. The molecule has 0 bridgehead atoms. The minimum absolute atomic E-state index is 0. The van der Waals surface area contributed by atoms with Crippen molar-refractivity contribution in [2.75, 3.05) is 26.7 Å². The molecule has 5 nitrogen and oxygen atoms in total. The van der Waals surface area contributed by atoms with Crippen LogP contribution in [-0.4, -0.2) is 38.5 Å². The van der Waals surface area contributed by atoms with E-state index in [1.165, 1.54) is 12.1 Å². The number of amides is 1. The van der Waals surface area contributed by atoms with Crippen LogP contribution in [0.1, 0.15) is 11.1 Å². The summed E-state index contributed by atoms with van der Waals surface area (Å²) in [6.45, 7) is 1.73. The molecule has 28 heavy (non-hydrogen) atoms. The van der Waals surface area contributed by atoms with Crippen molar-refractivity contribution in [2.45, 2.75) is 12.8 Å². The largest absolute Gasteiger partial charge is 0.356 e. The SMILES string of the molecule is CN=C(NCCNC(=O)Cc1ccc(F)cc1)NCCc1cccc(Cl)c1.I. The number of carbonyl (C=O) groups is 1. The predicted octanol–water partition coefficient (Wildman–Crippen LogP) is 3.16. The molecule has 0 heterocycles. The second kappa shape index (κ2) is 13.3. The highest BCUT2D eigenvalue weighted by Crippen LogP contribution is 2.10. The summed E-state index contributed by atoms with van der Waals surface area (Å²) < 4.78 is 12.9. The first-order valence-electron chi connectivity index (χ1n) is 8.77. The molecule has 2 aromatic rings. The van der Waals surface area contributed by atoms with Crippen LogP contribution in [0.2, 0.25) is 5.02 Å². The van der Waals surface area contributed by atoms with Crippen molar-refractivity contribution in [2.24, 2.45) is 4.99 Å². The van der Waals surface area contributed by atoms with Crippen LogP contribution in [0.4, 0.5) is 4.39 Å². The van der Waals surface area contributed by atoms with E-state index in [0.717, 1.165) is 29.1 Å². The fraction of sp³-hybridized carbons (Fsp3) is 0.300. The second-order valence-electron chi connectivity index (χ2n) is 5.96. The summed E-state index contributed by atoms with van der Waals surface area (Å²) in [5, 5.41) is 9.91. The van der Waals surface area contributed by atoms with Crippen LogP contribution in [0.5, 0.6) is 0 Å². The van der Waals surface area contributed by atoms with E-state index in [2.05, 4.69) is 20.9 Å². The van der Waals surface area contributed by atoms with Gasteiger partial charge in [0.25, 0.3) is 0 Å². The van der Waals surface area contributed by atoms with Crippen molar-refractivity contribution in [1.82, 2.24) is 16.0 Å². The molecule has 0 saturated carbocycles. The van der Waals surface area contributed by atoms with E-state index in [9.17, 15) is 9.18 Å². The zero-order chi connectivity index (χ0) is 19.5. The van der Waals surface area contributed by atoms with Crippen molar-refractivity contribution in [1.29, 1.82) is 0 Å². The summed E-state index contributed by atoms with van der Waals surface area (Å²) in [6.07, 6.45) is 1.06. The maximum Gasteiger partial charge on any atom is 0.224 e. The van der Waals surface area contributed by atoms with Crippen molar-refractivity contribution < 1.29 is 9.18 Å². The number of nitrogens with zero attached hydrogens (tertiary/aromatic N) is 1. The number of aliphatic imine (C=N–C) groups is 1. The average Bonchev–Trinajstić information content (AvgIpc) is 2.65. The first kappa shape index (κ1) is 24.2. The Morgan fingerprint density at radius 1 is 1.00 bits per heavy atom. The average molecular weight is 519 g/mol. The second-order valence-corrected chi connectivity index (χ2v) is 6.40. The molecule has 3 N–H and O–H groups in total. The number of halogens is 3. The molecule has 0 aliphatic carbocycles. The predicted molar refractivity (Wildman–Crippen MR) is 123 cm³/mol. The van der Waals surface area contributed by atoms with Crippen LogP contribution in [0.25, 0.3) is 0 Å². The van der Waals surface area contributed by atoms with Crippen LogP contribution in [0.3, 0.4) is 0 Å². The zero-order valence-electron chi connectivity index (χ0n) is 15.7. The Morgan fingerprint density at radius 2 is 1.68 bits per heavy atom. The monoisotopic (exact) mass is 518 g/mol. The molecule has 2 aromatic carbocycles. The van der Waals surface area contributed by atoms with Gasteiger partial charge in [-0.1, -0.05) is 35.9 Å². The van der Waals surface area contributed by atoms with Crippen LogP contribution < -0.4 is 16.0 Å². The van der Waals surface area contributed by atoms with Gasteiger partial charge in [0.05, 0.1) is 6.42 Å². The summed E-state index contributed by atoms with van der Waals surface area (Å²) in [5.74, 6) is 0.259. The first-order valence-corrected chi connectivity index (χ1v) is 9.14. The van der Waals surface area contributed by atoms with E-state index in [1.54, 1.807) is 19.2 Å². The fourth-order valence-corrected chi connectivity index (χ4v) is 2.68. The molecular formula is C20H25ClFIN4O. The molecule has 0 spiro atoms. The molecule has 1 amide bonds. The van der Waals surface area contributed by atoms with Crippen LogP contribution in [-0.2, 0) is 17.6 Å². The molecule has 8 heteroatoms. The molecule has 0 radical (unpaired) electrons. The van der Waals surface area contributed by atoms with Gasteiger partial charge in [-0.2, -0.15) is 0 Å². The van der Waals surface area contributed by atoms with E-state index in [1.807, 2.05) is 24.3 Å². The van der Waals surface area contributed by atoms with Gasteiger partial charge in [0.2, 0.25) is 5.91 Å². The molecule has 152 valence electrons. The Morgan fingerprint density at radius 3 is 2.36 bits per heavy atom. The van der Waals surface area contributed by atoms with Gasteiger partial charge >= 0.3 is 0 Å². The third-order valence-corrected chi connectivity index (χ3v) is 4.07. The van der Waals surface area contributed by atoms with Gasteiger partial charge in [-0.3, -0.25) is 9.79 Å². The van der Waals surface area contributed by atoms with Gasteiger partial charge < -0.3 is 16.0 Å². The minimum atomic E-state index is -0.308. The van der Waals surface area contributed by atoms with E-state index >= 15 is 0 Å². The smallest absolute Gasteiger partial charge is 0.224 e. The number of benzene rings is 2. The topological polar surface area (TPSA) is 65.5 Å². The van der Waals surface area contributed by atoms with Gasteiger partial charge in [0.15, 0.2) is 5.96 Å². The maximum absolute atomic E-state index is 12.9. The Bertz CT molecular complexity index is 771. The maximum atomic E-state index is 12.9. The standard InChI is InChI=1S/C20H24ClFN4O.HI/c1-23-20(25-10-9-15-3-2-4-17(21)13-15)26-12-11-24-19(27)14-16-5-7-18(22)8-6-16;/h2-8,13H,9-12,14H2,1H3,(H,24,27)(H2,23,25,26);1H. The fourth-order valence-electron chi connectivity index (χ4n) is 2.47. The molecule has 0 fully saturated rings. The lowest BCUT2D eigenvalue weighted by Crippen LogP contribution is -2.42. The van der Waals surface area contributed by atoms with Gasteiger partial charge in [-0.25, -0.2) is 4.39 Å². The van der Waals surface area contributed by atoms with Crippen molar-refractivity contribution in [3.05, 3.63) is 70.5 Å². The summed E-state index contributed by atoms with van der Waals surface area (Å²) in [4.78, 5) is 16.0. The molecule has 0 unspecified atom stereocenters. The van der Waals surface area contributed by atoms with E-state index in [4.69, 9.17) is 11.6 Å². The quantitative estimate of drug-likeness (QED) is 0.218. The number of rotatable bonds is 8. The Hall–Kier alpha value is -1.87. The number of nitrogens with one attached hydrogen (secondary N) is 3. The van der Waals surface area contributed by atoms with Crippen molar-refractivity contribution in [3.63, 3.8) is 0 Å². The highest BCUT2D eigenvalue weighted by molar-refractivity contribution is 14.0. The van der Waals surface area contributed by atoms with E-state index in [-0.39, 0.29) is 42.1 Å². The van der Waals surface area contributed by atoms with Crippen LogP contribution >= 0.6 is 35.6 Å². The summed E-state index contributed by atoms with van der Waals surface area (Å²) in [7, 11) is 1.70. The molecule has 2 rings (SSSR count). The third-order valence-electron chi connectivity index (χ3n) is 3.84. The first-order chi connectivity index (χ1) is 13.1.